The van der Waals surface area contributed by atoms with E-state index in [2.05, 4.69) is 15.6 Å². The van der Waals surface area contributed by atoms with Crippen LogP contribution in [-0.4, -0.2) is 25.7 Å². The highest BCUT2D eigenvalue weighted by Crippen LogP contribution is 2.35. The number of hydrogen-bond acceptors (Lipinski definition) is 6. The number of aromatic nitrogens is 1. The number of hydrogen-bond donors (Lipinski definition) is 2. The molecule has 2 N–H and O–H groups in total. The molecule has 0 unspecified atom stereocenters. The Bertz CT molecular complexity index is 1080. The Labute approximate surface area is 165 Å². The number of furan rings is 1. The predicted molar refractivity (Wildman–Crippen MR) is 105 cm³/mol. The third-order valence-corrected chi connectivity index (χ3v) is 6.34. The molecule has 0 radical (unpaired) electrons. The lowest BCUT2D eigenvalue weighted by molar-refractivity contribution is 0.251. The predicted octanol–water partition coefficient (Wildman–Crippen LogP) is 4.09. The number of anilines is 1. The smallest absolute Gasteiger partial charge is 0.321 e. The van der Waals surface area contributed by atoms with Crippen molar-refractivity contribution in [3.63, 3.8) is 0 Å². The fourth-order valence-corrected chi connectivity index (χ4v) is 4.62. The van der Waals surface area contributed by atoms with Gasteiger partial charge in [-0.05, 0) is 30.7 Å². The summed E-state index contributed by atoms with van der Waals surface area (Å²) in [7, 11) is -3.45. The second kappa shape index (κ2) is 7.71. The molecule has 27 heavy (non-hydrogen) atoms. The molecule has 0 aliphatic heterocycles. The van der Waals surface area contributed by atoms with Gasteiger partial charge in [-0.2, -0.15) is 0 Å². The van der Waals surface area contributed by atoms with E-state index in [0.717, 1.165) is 16.7 Å². The number of carbonyl (C=O) groups excluding carboxylic acids is 1. The quantitative estimate of drug-likeness (QED) is 0.641. The van der Waals surface area contributed by atoms with Gasteiger partial charge >= 0.3 is 6.03 Å². The zero-order chi connectivity index (χ0) is 19.6. The van der Waals surface area contributed by atoms with E-state index in [9.17, 15) is 13.2 Å². The number of thiazole rings is 1. The van der Waals surface area contributed by atoms with Crippen molar-refractivity contribution in [3.05, 3.63) is 53.1 Å². The van der Waals surface area contributed by atoms with Crippen LogP contribution in [0.25, 0.3) is 10.4 Å². The molecule has 0 bridgehead atoms. The zero-order valence-corrected chi connectivity index (χ0v) is 16.8. The maximum Gasteiger partial charge on any atom is 0.321 e. The summed E-state index contributed by atoms with van der Waals surface area (Å²) in [5.74, 6) is 0. The molecule has 0 aliphatic rings. The number of urea groups is 1. The first-order valence-corrected chi connectivity index (χ1v) is 10.9. The molecule has 7 nitrogen and oxygen atoms in total. The molecule has 1 aromatic carbocycles. The van der Waals surface area contributed by atoms with Crippen molar-refractivity contribution in [3.8, 4) is 10.4 Å². The third-order valence-electron chi connectivity index (χ3n) is 3.64. The minimum Gasteiger partial charge on any atom is -0.472 e. The van der Waals surface area contributed by atoms with Crippen LogP contribution >= 0.6 is 22.9 Å². The molecule has 142 valence electrons. The molecule has 3 rings (SSSR count). The lowest BCUT2D eigenvalue weighted by Crippen LogP contribution is -2.27. The molecule has 2 aromatic heterocycles. The summed E-state index contributed by atoms with van der Waals surface area (Å²) in [5, 5.41) is 5.95. The van der Waals surface area contributed by atoms with E-state index >= 15 is 0 Å². The Kier molecular flexibility index (Phi) is 5.54. The van der Waals surface area contributed by atoms with Gasteiger partial charge in [-0.25, -0.2) is 18.2 Å². The van der Waals surface area contributed by atoms with E-state index in [0.29, 0.717) is 22.9 Å². The number of halogens is 1. The van der Waals surface area contributed by atoms with E-state index < -0.39 is 15.9 Å². The van der Waals surface area contributed by atoms with Gasteiger partial charge in [0, 0.05) is 18.4 Å². The first kappa shape index (κ1) is 19.4. The molecule has 3 aromatic rings. The van der Waals surface area contributed by atoms with Crippen molar-refractivity contribution in [1.82, 2.24) is 10.3 Å². The molecular formula is C17H16ClN3O4S2. The standard InChI is InChI=1S/C17H16ClN3O4S2/c1-10-15(12-3-4-13(18)14(7-12)27(2,23)24)26-17(20-10)21-16(22)19-8-11-5-6-25-9-11/h3-7,9H,8H2,1-2H3,(H2,19,20,21,22). The van der Waals surface area contributed by atoms with Gasteiger partial charge in [-0.1, -0.05) is 29.0 Å². The normalized spacial score (nSPS) is 11.4. The van der Waals surface area contributed by atoms with Crippen LogP contribution in [0.5, 0.6) is 0 Å². The number of aryl methyl sites for hydroxylation is 1. The summed E-state index contributed by atoms with van der Waals surface area (Å²) in [6, 6.07) is 6.13. The number of nitrogens with zero attached hydrogens (tertiary/aromatic N) is 1. The van der Waals surface area contributed by atoms with Crippen molar-refractivity contribution < 1.29 is 17.6 Å². The fraction of sp³-hybridized carbons (Fsp3) is 0.176. The number of rotatable bonds is 5. The fourth-order valence-electron chi connectivity index (χ4n) is 2.36. The molecule has 2 amide bonds. The Hall–Kier alpha value is -2.36. The second-order valence-electron chi connectivity index (χ2n) is 5.79. The number of carbonyl (C=O) groups is 1. The highest BCUT2D eigenvalue weighted by atomic mass is 35.5. The number of amides is 2. The summed E-state index contributed by atoms with van der Waals surface area (Å²) in [4.78, 5) is 17.2. The van der Waals surface area contributed by atoms with Gasteiger partial charge in [-0.3, -0.25) is 5.32 Å². The average Bonchev–Trinajstić information content (AvgIpc) is 3.22. The average molecular weight is 426 g/mol. The maximum absolute atomic E-state index is 12.0. The van der Waals surface area contributed by atoms with Gasteiger partial charge in [0.1, 0.15) is 0 Å². The van der Waals surface area contributed by atoms with Gasteiger partial charge < -0.3 is 9.73 Å². The lowest BCUT2D eigenvalue weighted by atomic mass is 10.2. The van der Waals surface area contributed by atoms with Gasteiger partial charge in [0.25, 0.3) is 0 Å². The highest BCUT2D eigenvalue weighted by molar-refractivity contribution is 7.90. The SMILES string of the molecule is Cc1nc(NC(=O)NCc2ccoc2)sc1-c1ccc(Cl)c(S(C)(=O)=O)c1. The Morgan fingerprint density at radius 2 is 2.11 bits per heavy atom. The minimum atomic E-state index is -3.45. The zero-order valence-electron chi connectivity index (χ0n) is 14.4. The van der Waals surface area contributed by atoms with Crippen molar-refractivity contribution in [2.45, 2.75) is 18.4 Å². The van der Waals surface area contributed by atoms with Crippen molar-refractivity contribution in [2.24, 2.45) is 0 Å². The molecule has 0 spiro atoms. The van der Waals surface area contributed by atoms with Crippen molar-refractivity contribution >= 4 is 43.9 Å². The number of nitrogens with one attached hydrogen (secondary N) is 2. The van der Waals surface area contributed by atoms with Crippen LogP contribution in [0.4, 0.5) is 9.93 Å². The monoisotopic (exact) mass is 425 g/mol. The van der Waals surface area contributed by atoms with E-state index in [1.54, 1.807) is 25.3 Å². The summed E-state index contributed by atoms with van der Waals surface area (Å²) < 4.78 is 28.7. The van der Waals surface area contributed by atoms with E-state index in [1.165, 1.54) is 29.7 Å². The Morgan fingerprint density at radius 3 is 2.78 bits per heavy atom. The first-order chi connectivity index (χ1) is 12.7. The van der Waals surface area contributed by atoms with Gasteiger partial charge in [0.2, 0.25) is 0 Å². The Balaban J connectivity index is 1.77. The Morgan fingerprint density at radius 1 is 1.33 bits per heavy atom. The van der Waals surface area contributed by atoms with Crippen LogP contribution in [0.1, 0.15) is 11.3 Å². The molecule has 0 aliphatic carbocycles. The topological polar surface area (TPSA) is 101 Å². The largest absolute Gasteiger partial charge is 0.472 e. The number of benzene rings is 1. The van der Waals surface area contributed by atoms with E-state index in [-0.39, 0.29) is 9.92 Å². The van der Waals surface area contributed by atoms with E-state index in [4.69, 9.17) is 16.0 Å². The maximum atomic E-state index is 12.0. The van der Waals surface area contributed by atoms with Gasteiger partial charge in [-0.15, -0.1) is 0 Å². The van der Waals surface area contributed by atoms with Crippen LogP contribution in [0.2, 0.25) is 5.02 Å². The van der Waals surface area contributed by atoms with Crippen LogP contribution in [0.15, 0.2) is 46.1 Å². The third kappa shape index (κ3) is 4.68. The number of sulfone groups is 1. The molecular weight excluding hydrogens is 410 g/mol. The van der Waals surface area contributed by atoms with Crippen molar-refractivity contribution in [2.75, 3.05) is 11.6 Å². The summed E-state index contributed by atoms with van der Waals surface area (Å²) in [5.41, 5.74) is 2.18. The van der Waals surface area contributed by atoms with Crippen molar-refractivity contribution in [1.29, 1.82) is 0 Å². The van der Waals surface area contributed by atoms with Crippen LogP contribution in [0.3, 0.4) is 0 Å². The molecule has 0 saturated carbocycles. The second-order valence-corrected chi connectivity index (χ2v) is 9.18. The molecule has 2 heterocycles. The summed E-state index contributed by atoms with van der Waals surface area (Å²) in [6.07, 6.45) is 4.18. The van der Waals surface area contributed by atoms with E-state index in [1.807, 2.05) is 0 Å². The molecule has 0 saturated heterocycles. The molecule has 0 fully saturated rings. The van der Waals surface area contributed by atoms with Gasteiger partial charge in [0.15, 0.2) is 15.0 Å². The minimum absolute atomic E-state index is 0.0573. The van der Waals surface area contributed by atoms with Gasteiger partial charge in [0.05, 0.1) is 33.0 Å². The lowest BCUT2D eigenvalue weighted by Gasteiger charge is -2.05. The summed E-state index contributed by atoms with van der Waals surface area (Å²) >= 11 is 7.25. The van der Waals surface area contributed by atoms with Crippen LogP contribution < -0.4 is 10.6 Å². The van der Waals surface area contributed by atoms with Crippen LogP contribution in [-0.2, 0) is 16.4 Å². The molecule has 0 atom stereocenters. The highest BCUT2D eigenvalue weighted by Gasteiger charge is 2.17. The first-order valence-electron chi connectivity index (χ1n) is 7.77. The van der Waals surface area contributed by atoms with Crippen LogP contribution in [0, 0.1) is 6.92 Å². The summed E-state index contributed by atoms with van der Waals surface area (Å²) in [6.45, 7) is 2.11. The molecule has 10 heteroatoms.